The Morgan fingerprint density at radius 3 is 2.79 bits per heavy atom. The Hall–Kier alpha value is -3.19. The predicted octanol–water partition coefficient (Wildman–Crippen LogP) is 4.85. The van der Waals surface area contributed by atoms with Gasteiger partial charge in [0, 0.05) is 36.1 Å². The summed E-state index contributed by atoms with van der Waals surface area (Å²) in [5, 5.41) is 4.31. The fourth-order valence-electron chi connectivity index (χ4n) is 4.21. The maximum atomic E-state index is 11.7. The van der Waals surface area contributed by atoms with Crippen LogP contribution in [-0.2, 0) is 4.79 Å². The van der Waals surface area contributed by atoms with Gasteiger partial charge in [0.1, 0.15) is 17.9 Å². The lowest BCUT2D eigenvalue weighted by Crippen LogP contribution is -2.34. The summed E-state index contributed by atoms with van der Waals surface area (Å²) in [5.41, 5.74) is 6.77. The highest BCUT2D eigenvalue weighted by molar-refractivity contribution is 6.07. The quantitative estimate of drug-likeness (QED) is 0.506. The van der Waals surface area contributed by atoms with E-state index in [1.165, 1.54) is 0 Å². The van der Waals surface area contributed by atoms with Crippen molar-refractivity contribution < 1.29 is 13.9 Å². The first-order valence-electron chi connectivity index (χ1n) is 11.7. The van der Waals surface area contributed by atoms with Crippen molar-refractivity contribution in [3.63, 3.8) is 0 Å². The number of carbonyl (C=O) groups excluding carboxylic acids is 1. The number of rotatable bonds is 9. The third kappa shape index (κ3) is 5.25. The molecule has 1 aliphatic rings. The molecule has 0 fully saturated rings. The highest BCUT2D eigenvalue weighted by Crippen LogP contribution is 2.29. The second-order valence-electron chi connectivity index (χ2n) is 8.64. The van der Waals surface area contributed by atoms with Gasteiger partial charge < -0.3 is 9.15 Å². The number of ether oxygens (including phenoxy) is 1. The topological polar surface area (TPSA) is 80.0 Å². The van der Waals surface area contributed by atoms with Gasteiger partial charge in [0.2, 0.25) is 11.8 Å². The number of aromatic nitrogens is 1. The predicted molar refractivity (Wildman–Crippen MR) is 130 cm³/mol. The molecule has 7 nitrogen and oxygen atoms in total. The molecule has 0 aliphatic carbocycles. The van der Waals surface area contributed by atoms with Gasteiger partial charge in [-0.25, -0.2) is 10.4 Å². The van der Waals surface area contributed by atoms with Crippen LogP contribution in [0.5, 0.6) is 5.75 Å². The van der Waals surface area contributed by atoms with Crippen molar-refractivity contribution in [3.05, 3.63) is 48.0 Å². The minimum absolute atomic E-state index is 0.0395. The number of hydrogen-bond donors (Lipinski definition) is 1. The summed E-state index contributed by atoms with van der Waals surface area (Å²) in [4.78, 5) is 18.7. The van der Waals surface area contributed by atoms with Crippen molar-refractivity contribution in [1.82, 2.24) is 15.3 Å². The number of carbonyl (C=O) groups is 1. The van der Waals surface area contributed by atoms with E-state index in [1.807, 2.05) is 42.5 Å². The molecule has 0 saturated heterocycles. The molecular weight excluding hydrogens is 416 g/mol. The Labute approximate surface area is 194 Å². The van der Waals surface area contributed by atoms with Crippen molar-refractivity contribution in [2.45, 2.75) is 46.6 Å². The summed E-state index contributed by atoms with van der Waals surface area (Å²) in [6.07, 6.45) is 1.31. The number of likely N-dealkylation sites (N-methyl/N-ethyl adjacent to an activating group) is 1. The van der Waals surface area contributed by atoms with Crippen molar-refractivity contribution in [2.75, 3.05) is 19.7 Å². The Morgan fingerprint density at radius 2 is 2.03 bits per heavy atom. The second-order valence-corrected chi connectivity index (χ2v) is 8.64. The van der Waals surface area contributed by atoms with E-state index in [0.717, 1.165) is 47.6 Å². The monoisotopic (exact) mass is 448 g/mol. The van der Waals surface area contributed by atoms with Crippen LogP contribution in [0.25, 0.3) is 22.6 Å². The van der Waals surface area contributed by atoms with Crippen LogP contribution >= 0.6 is 0 Å². The van der Waals surface area contributed by atoms with E-state index in [2.05, 4.69) is 48.1 Å². The first-order chi connectivity index (χ1) is 16.0. The first kappa shape index (κ1) is 23.0. The number of nitrogens with one attached hydrogen (secondary N) is 1. The van der Waals surface area contributed by atoms with Gasteiger partial charge in [0.05, 0.1) is 5.71 Å². The molecule has 0 saturated carbocycles. The minimum Gasteiger partial charge on any atom is -0.492 e. The molecule has 174 valence electrons. The third-order valence-electron chi connectivity index (χ3n) is 6.16. The molecule has 0 radical (unpaired) electrons. The van der Waals surface area contributed by atoms with Crippen molar-refractivity contribution in [2.24, 2.45) is 11.0 Å². The molecule has 2 aromatic carbocycles. The van der Waals surface area contributed by atoms with Gasteiger partial charge in [-0.05, 0) is 57.1 Å². The Kier molecular flexibility index (Phi) is 7.08. The van der Waals surface area contributed by atoms with Crippen LogP contribution in [0.2, 0.25) is 0 Å². The number of oxazole rings is 1. The van der Waals surface area contributed by atoms with Crippen LogP contribution in [-0.4, -0.2) is 47.2 Å². The molecule has 1 aliphatic heterocycles. The number of nitrogens with zero attached hydrogens (tertiary/aromatic N) is 3. The summed E-state index contributed by atoms with van der Waals surface area (Å²) < 4.78 is 12.1. The van der Waals surface area contributed by atoms with E-state index >= 15 is 0 Å². The highest BCUT2D eigenvalue weighted by atomic mass is 16.5. The van der Waals surface area contributed by atoms with Gasteiger partial charge in [-0.3, -0.25) is 9.69 Å². The van der Waals surface area contributed by atoms with Crippen LogP contribution in [0, 0.1) is 5.92 Å². The summed E-state index contributed by atoms with van der Waals surface area (Å²) in [6, 6.07) is 14.2. The van der Waals surface area contributed by atoms with Gasteiger partial charge in [0.25, 0.3) is 0 Å². The molecule has 1 amide bonds. The summed E-state index contributed by atoms with van der Waals surface area (Å²) in [5.74, 6) is 1.42. The lowest BCUT2D eigenvalue weighted by Gasteiger charge is -2.24. The van der Waals surface area contributed by atoms with E-state index in [1.54, 1.807) is 0 Å². The van der Waals surface area contributed by atoms with E-state index in [-0.39, 0.29) is 11.8 Å². The van der Waals surface area contributed by atoms with Gasteiger partial charge >= 0.3 is 0 Å². The van der Waals surface area contributed by atoms with Gasteiger partial charge in [-0.1, -0.05) is 26.0 Å². The molecule has 2 heterocycles. The SMILES string of the molecule is CCC1CC(=O)NN=C1c1ccc2nc(-c3cccc(OCCN(CC)C(C)C)c3)oc2c1. The normalized spacial score (nSPS) is 16.4. The summed E-state index contributed by atoms with van der Waals surface area (Å²) in [6.45, 7) is 11.1. The molecule has 7 heteroatoms. The largest absolute Gasteiger partial charge is 0.492 e. The molecule has 1 unspecified atom stereocenters. The lowest BCUT2D eigenvalue weighted by atomic mass is 9.90. The average Bonchev–Trinajstić information content (AvgIpc) is 3.25. The highest BCUT2D eigenvalue weighted by Gasteiger charge is 2.24. The molecule has 1 aromatic heterocycles. The molecule has 3 aromatic rings. The second kappa shape index (κ2) is 10.2. The van der Waals surface area contributed by atoms with Gasteiger partial charge in [-0.15, -0.1) is 0 Å². The van der Waals surface area contributed by atoms with Crippen LogP contribution in [0.15, 0.2) is 52.0 Å². The lowest BCUT2D eigenvalue weighted by molar-refractivity contribution is -0.122. The van der Waals surface area contributed by atoms with Crippen LogP contribution in [0.4, 0.5) is 0 Å². The van der Waals surface area contributed by atoms with Crippen molar-refractivity contribution >= 4 is 22.7 Å². The Bertz CT molecular complexity index is 1150. The van der Waals surface area contributed by atoms with Gasteiger partial charge in [-0.2, -0.15) is 5.10 Å². The zero-order valence-electron chi connectivity index (χ0n) is 19.8. The zero-order chi connectivity index (χ0) is 23.4. The smallest absolute Gasteiger partial charge is 0.240 e. The number of amides is 1. The standard InChI is InChI=1S/C26H32N4O3/c1-5-18-16-24(31)28-29-25(18)19-10-11-22-23(15-19)33-26(27-22)20-8-7-9-21(14-20)32-13-12-30(6-2)17(3)4/h7-11,14-15,17-18H,5-6,12-13,16H2,1-4H3,(H,28,31). The van der Waals surface area contributed by atoms with E-state index in [9.17, 15) is 4.79 Å². The summed E-state index contributed by atoms with van der Waals surface area (Å²) in [7, 11) is 0. The van der Waals surface area contributed by atoms with Crippen molar-refractivity contribution in [3.8, 4) is 17.2 Å². The summed E-state index contributed by atoms with van der Waals surface area (Å²) >= 11 is 0. The van der Waals surface area contributed by atoms with Crippen LogP contribution in [0.3, 0.4) is 0 Å². The number of hydrogen-bond acceptors (Lipinski definition) is 6. The van der Waals surface area contributed by atoms with E-state index in [4.69, 9.17) is 9.15 Å². The zero-order valence-corrected chi connectivity index (χ0v) is 19.8. The average molecular weight is 449 g/mol. The van der Waals surface area contributed by atoms with Gasteiger partial charge in [0.15, 0.2) is 5.58 Å². The van der Waals surface area contributed by atoms with E-state index in [0.29, 0.717) is 30.5 Å². The number of benzene rings is 2. The van der Waals surface area contributed by atoms with Crippen LogP contribution in [0.1, 0.15) is 46.1 Å². The fraction of sp³-hybridized carbons (Fsp3) is 0.423. The minimum atomic E-state index is -0.0395. The molecule has 0 spiro atoms. The van der Waals surface area contributed by atoms with E-state index < -0.39 is 0 Å². The Morgan fingerprint density at radius 1 is 1.18 bits per heavy atom. The van der Waals surface area contributed by atoms with Crippen LogP contribution < -0.4 is 10.2 Å². The molecule has 1 N–H and O–H groups in total. The maximum absolute atomic E-state index is 11.7. The number of hydrazone groups is 1. The Balaban J connectivity index is 1.52. The maximum Gasteiger partial charge on any atom is 0.240 e. The number of fused-ring (bicyclic) bond motifs is 1. The third-order valence-corrected chi connectivity index (χ3v) is 6.16. The molecular formula is C26H32N4O3. The molecule has 33 heavy (non-hydrogen) atoms. The van der Waals surface area contributed by atoms with Crippen molar-refractivity contribution in [1.29, 1.82) is 0 Å². The first-order valence-corrected chi connectivity index (χ1v) is 11.7. The fourth-order valence-corrected chi connectivity index (χ4v) is 4.21. The molecule has 4 rings (SSSR count). The molecule has 0 bridgehead atoms. The molecule has 1 atom stereocenters.